The molecule has 1 fully saturated rings. The van der Waals surface area contributed by atoms with Gasteiger partial charge < -0.3 is 24.7 Å². The van der Waals surface area contributed by atoms with Gasteiger partial charge in [-0.15, -0.1) is 0 Å². The molecule has 0 saturated carbocycles. The van der Waals surface area contributed by atoms with Gasteiger partial charge in [0.25, 0.3) is 5.91 Å². The summed E-state index contributed by atoms with van der Waals surface area (Å²) in [6, 6.07) is 14.3. The average Bonchev–Trinajstić information content (AvgIpc) is 3.18. The molecule has 3 aromatic rings. The number of rotatable bonds is 12. The highest BCUT2D eigenvalue weighted by Crippen LogP contribution is 2.38. The summed E-state index contributed by atoms with van der Waals surface area (Å²) < 4.78 is 18.4. The van der Waals surface area contributed by atoms with Crippen molar-refractivity contribution in [3.05, 3.63) is 84.6 Å². The van der Waals surface area contributed by atoms with Gasteiger partial charge in [0.2, 0.25) is 11.8 Å². The molecule has 3 heterocycles. The van der Waals surface area contributed by atoms with E-state index in [9.17, 15) is 9.59 Å². The number of nitrogens with zero attached hydrogens (tertiary/aromatic N) is 3. The number of carbonyl (C=O) groups is 2. The van der Waals surface area contributed by atoms with Crippen molar-refractivity contribution in [3.63, 3.8) is 0 Å². The third kappa shape index (κ3) is 7.64. The molecule has 210 valence electrons. The minimum Gasteiger partial charge on any atom is -0.475 e. The van der Waals surface area contributed by atoms with E-state index in [2.05, 4.69) is 37.7 Å². The third-order valence-corrected chi connectivity index (χ3v) is 7.20. The first-order chi connectivity index (χ1) is 19.1. The van der Waals surface area contributed by atoms with Crippen molar-refractivity contribution in [3.8, 4) is 5.88 Å². The fourth-order valence-corrected chi connectivity index (χ4v) is 4.22. The van der Waals surface area contributed by atoms with Crippen LogP contribution in [0, 0.1) is 0 Å². The van der Waals surface area contributed by atoms with Gasteiger partial charge in [0.15, 0.2) is 0 Å². The van der Waals surface area contributed by atoms with E-state index in [-0.39, 0.29) is 12.3 Å². The molecule has 2 amide bonds. The first-order valence-corrected chi connectivity index (χ1v) is 13.5. The van der Waals surface area contributed by atoms with Crippen LogP contribution in [0.15, 0.2) is 73.3 Å². The minimum atomic E-state index is -1.05. The number of nitrogens with one attached hydrogen (secondary N) is 2. The number of ether oxygens (including phenoxy) is 1. The van der Waals surface area contributed by atoms with Crippen LogP contribution in [0.25, 0.3) is 0 Å². The van der Waals surface area contributed by atoms with Crippen LogP contribution < -0.4 is 15.4 Å². The molecule has 0 aliphatic carbocycles. The molecule has 10 nitrogen and oxygen atoms in total. The number of amides is 2. The summed E-state index contributed by atoms with van der Waals surface area (Å²) in [5.41, 5.74) is 0.159. The summed E-state index contributed by atoms with van der Waals surface area (Å²) in [5, 5.41) is 5.80. The molecule has 40 heavy (non-hydrogen) atoms. The molecule has 0 radical (unpaired) electrons. The zero-order valence-corrected chi connectivity index (χ0v) is 23.4. The van der Waals surface area contributed by atoms with Crippen LogP contribution in [0.5, 0.6) is 5.88 Å². The van der Waals surface area contributed by atoms with Crippen LogP contribution in [0.1, 0.15) is 56.6 Å². The lowest BCUT2D eigenvalue weighted by atomic mass is 9.75. The van der Waals surface area contributed by atoms with E-state index in [0.29, 0.717) is 12.3 Å². The number of benzene rings is 1. The lowest BCUT2D eigenvalue weighted by Gasteiger charge is -2.32. The summed E-state index contributed by atoms with van der Waals surface area (Å²) in [7, 11) is -0.669. The highest BCUT2D eigenvalue weighted by Gasteiger charge is 2.54. The average molecular weight is 545 g/mol. The molecule has 4 rings (SSSR count). The van der Waals surface area contributed by atoms with Crippen LogP contribution in [-0.4, -0.2) is 63.7 Å². The second-order valence-corrected chi connectivity index (χ2v) is 10.7. The second-order valence-electron chi connectivity index (χ2n) is 10.7. The molecule has 1 aliphatic rings. The summed E-state index contributed by atoms with van der Waals surface area (Å²) in [4.78, 5) is 38.7. The fourth-order valence-electron chi connectivity index (χ4n) is 4.22. The van der Waals surface area contributed by atoms with Crippen LogP contribution >= 0.6 is 0 Å². The van der Waals surface area contributed by atoms with E-state index in [1.165, 1.54) is 24.2 Å². The first-order valence-electron chi connectivity index (χ1n) is 13.5. The quantitative estimate of drug-likeness (QED) is 0.333. The Labute approximate surface area is 235 Å². The predicted molar refractivity (Wildman–Crippen MR) is 150 cm³/mol. The molecule has 2 aromatic heterocycles. The first kappa shape index (κ1) is 29.2. The van der Waals surface area contributed by atoms with E-state index in [4.69, 9.17) is 14.0 Å². The lowest BCUT2D eigenvalue weighted by molar-refractivity contribution is -0.124. The van der Waals surface area contributed by atoms with Crippen LogP contribution in [0.2, 0.25) is 0 Å². The van der Waals surface area contributed by atoms with Gasteiger partial charge in [0.1, 0.15) is 18.3 Å². The summed E-state index contributed by atoms with van der Waals surface area (Å²) in [6.45, 7) is 7.75. The summed E-state index contributed by atoms with van der Waals surface area (Å²) in [5.74, 6) is -1.12. The number of aryl methyl sites for hydroxylation is 1. The highest BCUT2D eigenvalue weighted by atomic mass is 16.7. The van der Waals surface area contributed by atoms with E-state index >= 15 is 0 Å². The Bertz CT molecular complexity index is 1230. The largest absolute Gasteiger partial charge is 0.481 e. The Hall–Kier alpha value is -3.83. The van der Waals surface area contributed by atoms with E-state index in [1.54, 1.807) is 24.4 Å². The Morgan fingerprint density at radius 3 is 2.30 bits per heavy atom. The van der Waals surface area contributed by atoms with Gasteiger partial charge in [-0.1, -0.05) is 36.4 Å². The molecule has 2 atom stereocenters. The lowest BCUT2D eigenvalue weighted by Crippen LogP contribution is -2.56. The van der Waals surface area contributed by atoms with Crippen LogP contribution in [0.3, 0.4) is 0 Å². The molecular weight excluding hydrogens is 509 g/mol. The molecule has 1 saturated heterocycles. The maximum atomic E-state index is 13.7. The number of hydrogen-bond acceptors (Lipinski definition) is 8. The minimum absolute atomic E-state index is 0.0866. The number of aromatic nitrogens is 3. The van der Waals surface area contributed by atoms with E-state index in [1.807, 2.05) is 45.9 Å². The van der Waals surface area contributed by atoms with Gasteiger partial charge >= 0.3 is 7.12 Å². The molecule has 11 heteroatoms. The topological polar surface area (TPSA) is 125 Å². The standard InChI is InChI=1S/C29H36BN5O5/c1-28(2)29(3,4)40-30(39-28)24(14-10-13-21-11-6-5-7-12-21)35-27(37)23(20-38-25-15-8-9-16-33-25)34-26(36)22-19-31-17-18-32-22/h5-9,11-12,15-19,23-24H,10,13-14,20H2,1-4H3,(H,34,36)(H,35,37)/t23-,24+/m1/s1. The maximum Gasteiger partial charge on any atom is 0.481 e. The Balaban J connectivity index is 1.50. The monoisotopic (exact) mass is 545 g/mol. The number of pyridine rings is 1. The maximum absolute atomic E-state index is 13.7. The van der Waals surface area contributed by atoms with Crippen molar-refractivity contribution in [1.29, 1.82) is 0 Å². The predicted octanol–water partition coefficient (Wildman–Crippen LogP) is 3.19. The third-order valence-electron chi connectivity index (χ3n) is 7.20. The van der Waals surface area contributed by atoms with Crippen molar-refractivity contribution in [2.75, 3.05) is 6.61 Å². The number of hydrogen-bond donors (Lipinski definition) is 2. The van der Waals surface area contributed by atoms with Crippen molar-refractivity contribution in [2.45, 2.75) is 70.1 Å². The molecule has 2 N–H and O–H groups in total. The summed E-state index contributed by atoms with van der Waals surface area (Å²) >= 11 is 0. The van der Waals surface area contributed by atoms with Crippen molar-refractivity contribution in [1.82, 2.24) is 25.6 Å². The molecule has 0 unspecified atom stereocenters. The highest BCUT2D eigenvalue weighted by molar-refractivity contribution is 6.48. The van der Waals surface area contributed by atoms with Gasteiger partial charge in [0.05, 0.1) is 23.3 Å². The van der Waals surface area contributed by atoms with Crippen molar-refractivity contribution < 1.29 is 23.6 Å². The van der Waals surface area contributed by atoms with Crippen LogP contribution in [0.4, 0.5) is 0 Å². The van der Waals surface area contributed by atoms with Crippen LogP contribution in [-0.2, 0) is 20.5 Å². The van der Waals surface area contributed by atoms with E-state index < -0.39 is 42.1 Å². The van der Waals surface area contributed by atoms with Gasteiger partial charge in [0, 0.05) is 24.7 Å². The zero-order valence-electron chi connectivity index (χ0n) is 23.4. The van der Waals surface area contributed by atoms with Crippen molar-refractivity contribution in [2.24, 2.45) is 0 Å². The van der Waals surface area contributed by atoms with Gasteiger partial charge in [-0.3, -0.25) is 14.6 Å². The Morgan fingerprint density at radius 1 is 0.925 bits per heavy atom. The molecular formula is C29H36BN5O5. The SMILES string of the molecule is CC1(C)OB([C@H](CCCc2ccccc2)NC(=O)[C@@H](COc2ccccn2)NC(=O)c2cnccn2)OC1(C)C. The molecule has 1 aliphatic heterocycles. The molecule has 0 spiro atoms. The Kier molecular flexibility index (Phi) is 9.49. The fraction of sp³-hybridized carbons (Fsp3) is 0.414. The molecule has 0 bridgehead atoms. The number of carbonyl (C=O) groups excluding carboxylic acids is 2. The summed E-state index contributed by atoms with van der Waals surface area (Å²) in [6.07, 6.45) is 8.03. The second kappa shape index (κ2) is 13.0. The van der Waals surface area contributed by atoms with E-state index in [0.717, 1.165) is 12.8 Å². The zero-order chi connectivity index (χ0) is 28.6. The molecule has 1 aromatic carbocycles. The smallest absolute Gasteiger partial charge is 0.475 e. The normalized spacial score (nSPS) is 17.1. The van der Waals surface area contributed by atoms with Gasteiger partial charge in [-0.25, -0.2) is 9.97 Å². The van der Waals surface area contributed by atoms with Gasteiger partial charge in [-0.05, 0) is 58.6 Å². The van der Waals surface area contributed by atoms with Crippen molar-refractivity contribution >= 4 is 18.9 Å². The Morgan fingerprint density at radius 2 is 1.65 bits per heavy atom. The van der Waals surface area contributed by atoms with Gasteiger partial charge in [-0.2, -0.15) is 0 Å².